The number of carbonyl (C=O) groups excluding carboxylic acids is 2. The summed E-state index contributed by atoms with van der Waals surface area (Å²) >= 11 is 5.03. The number of carbonyl (C=O) groups is 2. The number of thiophene rings is 1. The third-order valence-electron chi connectivity index (χ3n) is 3.94. The van der Waals surface area contributed by atoms with Gasteiger partial charge in [0.15, 0.2) is 0 Å². The topological polar surface area (TPSA) is 49.4 Å². The number of hydrogen-bond donors (Lipinski definition) is 1. The van der Waals surface area contributed by atoms with E-state index in [2.05, 4.69) is 21.2 Å². The summed E-state index contributed by atoms with van der Waals surface area (Å²) in [6.07, 6.45) is 0.259. The molecule has 1 aromatic heterocycles. The molecule has 0 spiro atoms. The molecule has 1 fully saturated rings. The van der Waals surface area contributed by atoms with Gasteiger partial charge in [-0.15, -0.1) is 11.3 Å². The van der Waals surface area contributed by atoms with Gasteiger partial charge >= 0.3 is 0 Å². The first-order chi connectivity index (χ1) is 11.0. The molecule has 0 radical (unpaired) electrons. The van der Waals surface area contributed by atoms with Gasteiger partial charge in [-0.2, -0.15) is 0 Å². The number of benzene rings is 1. The highest BCUT2D eigenvalue weighted by Gasteiger charge is 2.35. The van der Waals surface area contributed by atoms with Crippen LogP contribution in [0.1, 0.15) is 24.3 Å². The summed E-state index contributed by atoms with van der Waals surface area (Å²) in [5, 5.41) is 5.00. The van der Waals surface area contributed by atoms with Gasteiger partial charge in [0.25, 0.3) is 0 Å². The predicted molar refractivity (Wildman–Crippen MR) is 95.5 cm³/mol. The lowest BCUT2D eigenvalue weighted by molar-refractivity contribution is -0.126. The minimum absolute atomic E-state index is 0.00738. The molecule has 1 saturated heterocycles. The summed E-state index contributed by atoms with van der Waals surface area (Å²) in [4.78, 5) is 27.5. The molecule has 1 aromatic carbocycles. The molecule has 2 heterocycles. The Labute approximate surface area is 147 Å². The Bertz CT molecular complexity index is 717. The molecule has 1 N–H and O–H groups in total. The molecule has 120 valence electrons. The number of hydrogen-bond acceptors (Lipinski definition) is 3. The number of halogens is 1. The van der Waals surface area contributed by atoms with Crippen molar-refractivity contribution in [3.8, 4) is 0 Å². The molecule has 0 unspecified atom stereocenters. The van der Waals surface area contributed by atoms with Crippen molar-refractivity contribution < 1.29 is 9.59 Å². The second-order valence-corrected chi connectivity index (χ2v) is 7.53. The average Bonchev–Trinajstić information content (AvgIpc) is 3.16. The van der Waals surface area contributed by atoms with Crippen molar-refractivity contribution in [2.75, 3.05) is 11.4 Å². The highest BCUT2D eigenvalue weighted by molar-refractivity contribution is 9.10. The number of anilines is 1. The SMILES string of the molecule is C[C@@H](NC(=O)[C@H]1CC(=O)N(c2cccc(Br)c2)C1)c1cccs1. The van der Waals surface area contributed by atoms with Gasteiger partial charge in [0, 0.05) is 28.0 Å². The van der Waals surface area contributed by atoms with Crippen LogP contribution in [0.3, 0.4) is 0 Å². The maximum Gasteiger partial charge on any atom is 0.227 e. The molecule has 0 saturated carbocycles. The van der Waals surface area contributed by atoms with Crippen LogP contribution in [0, 0.1) is 5.92 Å². The zero-order chi connectivity index (χ0) is 16.4. The van der Waals surface area contributed by atoms with Crippen molar-refractivity contribution in [2.24, 2.45) is 5.92 Å². The van der Waals surface area contributed by atoms with Gasteiger partial charge in [-0.25, -0.2) is 0 Å². The summed E-state index contributed by atoms with van der Waals surface area (Å²) in [5.41, 5.74) is 0.825. The molecule has 3 rings (SSSR count). The van der Waals surface area contributed by atoms with Gasteiger partial charge in [0.2, 0.25) is 11.8 Å². The minimum Gasteiger partial charge on any atom is -0.348 e. The summed E-state index contributed by atoms with van der Waals surface area (Å²) < 4.78 is 0.919. The Morgan fingerprint density at radius 1 is 1.39 bits per heavy atom. The van der Waals surface area contributed by atoms with Crippen LogP contribution in [0.15, 0.2) is 46.3 Å². The van der Waals surface area contributed by atoms with Gasteiger partial charge in [-0.1, -0.05) is 28.1 Å². The number of nitrogens with zero attached hydrogens (tertiary/aromatic N) is 1. The maximum atomic E-state index is 12.4. The summed E-state index contributed by atoms with van der Waals surface area (Å²) in [7, 11) is 0. The zero-order valence-corrected chi connectivity index (χ0v) is 15.1. The van der Waals surface area contributed by atoms with Crippen LogP contribution < -0.4 is 10.2 Å². The van der Waals surface area contributed by atoms with E-state index >= 15 is 0 Å². The molecule has 1 aliphatic heterocycles. The van der Waals surface area contributed by atoms with Crippen molar-refractivity contribution >= 4 is 44.8 Å². The second-order valence-electron chi connectivity index (χ2n) is 5.63. The summed E-state index contributed by atoms with van der Waals surface area (Å²) in [5.74, 6) is -0.368. The smallest absolute Gasteiger partial charge is 0.227 e. The van der Waals surface area contributed by atoms with E-state index in [1.165, 1.54) is 0 Å². The van der Waals surface area contributed by atoms with Crippen LogP contribution >= 0.6 is 27.3 Å². The highest BCUT2D eigenvalue weighted by Crippen LogP contribution is 2.28. The molecule has 4 nitrogen and oxygen atoms in total. The van der Waals surface area contributed by atoms with Crippen molar-refractivity contribution in [2.45, 2.75) is 19.4 Å². The number of nitrogens with one attached hydrogen (secondary N) is 1. The van der Waals surface area contributed by atoms with E-state index in [0.717, 1.165) is 15.0 Å². The van der Waals surface area contributed by atoms with Crippen molar-refractivity contribution in [1.29, 1.82) is 0 Å². The number of rotatable bonds is 4. The molecular weight excluding hydrogens is 376 g/mol. The Hall–Kier alpha value is -1.66. The van der Waals surface area contributed by atoms with E-state index in [9.17, 15) is 9.59 Å². The maximum absolute atomic E-state index is 12.4. The molecule has 0 bridgehead atoms. The molecule has 2 aromatic rings. The van der Waals surface area contributed by atoms with E-state index in [1.54, 1.807) is 16.2 Å². The van der Waals surface area contributed by atoms with Crippen LogP contribution in [0.25, 0.3) is 0 Å². The third-order valence-corrected chi connectivity index (χ3v) is 5.49. The van der Waals surface area contributed by atoms with Gasteiger partial charge in [0.05, 0.1) is 12.0 Å². The molecule has 23 heavy (non-hydrogen) atoms. The Kier molecular flexibility index (Phi) is 4.82. The van der Waals surface area contributed by atoms with Gasteiger partial charge in [0.1, 0.15) is 0 Å². The predicted octanol–water partition coefficient (Wildman–Crippen LogP) is 3.74. The Morgan fingerprint density at radius 2 is 2.22 bits per heavy atom. The second kappa shape index (κ2) is 6.84. The Morgan fingerprint density at radius 3 is 2.91 bits per heavy atom. The quantitative estimate of drug-likeness (QED) is 0.861. The first-order valence-corrected chi connectivity index (χ1v) is 9.11. The summed E-state index contributed by atoms with van der Waals surface area (Å²) in [6, 6.07) is 11.5. The normalized spacial score (nSPS) is 19.0. The molecule has 2 amide bonds. The fraction of sp³-hybridized carbons (Fsp3) is 0.294. The first kappa shape index (κ1) is 16.2. The lowest BCUT2D eigenvalue weighted by Gasteiger charge is -2.18. The molecule has 0 aliphatic carbocycles. The average molecular weight is 393 g/mol. The van der Waals surface area contributed by atoms with Crippen LogP contribution in [0.4, 0.5) is 5.69 Å². The fourth-order valence-corrected chi connectivity index (χ4v) is 3.84. The summed E-state index contributed by atoms with van der Waals surface area (Å²) in [6.45, 7) is 2.39. The van der Waals surface area contributed by atoms with Gasteiger partial charge in [-0.3, -0.25) is 9.59 Å². The van der Waals surface area contributed by atoms with E-state index in [4.69, 9.17) is 0 Å². The fourth-order valence-electron chi connectivity index (χ4n) is 2.72. The minimum atomic E-state index is -0.302. The highest BCUT2D eigenvalue weighted by atomic mass is 79.9. The van der Waals surface area contributed by atoms with Crippen LogP contribution in [-0.4, -0.2) is 18.4 Å². The van der Waals surface area contributed by atoms with E-state index in [-0.39, 0.29) is 30.2 Å². The molecule has 6 heteroatoms. The van der Waals surface area contributed by atoms with Gasteiger partial charge < -0.3 is 10.2 Å². The largest absolute Gasteiger partial charge is 0.348 e. The molecule has 1 aliphatic rings. The van der Waals surface area contributed by atoms with Crippen LogP contribution in [0.5, 0.6) is 0 Å². The number of amides is 2. The lowest BCUT2D eigenvalue weighted by atomic mass is 10.1. The van der Waals surface area contributed by atoms with Crippen molar-refractivity contribution in [3.63, 3.8) is 0 Å². The van der Waals surface area contributed by atoms with Crippen molar-refractivity contribution in [1.82, 2.24) is 5.32 Å². The van der Waals surface area contributed by atoms with E-state index in [0.29, 0.717) is 6.54 Å². The van der Waals surface area contributed by atoms with E-state index in [1.807, 2.05) is 48.7 Å². The zero-order valence-electron chi connectivity index (χ0n) is 12.7. The lowest BCUT2D eigenvalue weighted by Crippen LogP contribution is -2.34. The monoisotopic (exact) mass is 392 g/mol. The standard InChI is InChI=1S/C17H17BrN2O2S/c1-11(15-6-3-7-23-15)19-17(22)12-8-16(21)20(10-12)14-5-2-4-13(18)9-14/h2-7,9,11-12H,8,10H2,1H3,(H,19,22)/t11-,12+/m1/s1. The van der Waals surface area contributed by atoms with Crippen molar-refractivity contribution in [3.05, 3.63) is 51.1 Å². The van der Waals surface area contributed by atoms with Gasteiger partial charge in [-0.05, 0) is 36.6 Å². The molecule has 2 atom stereocenters. The Balaban J connectivity index is 1.66. The third kappa shape index (κ3) is 3.64. The van der Waals surface area contributed by atoms with E-state index < -0.39 is 0 Å². The molecular formula is C17H17BrN2O2S. The van der Waals surface area contributed by atoms with Crippen LogP contribution in [0.2, 0.25) is 0 Å². The van der Waals surface area contributed by atoms with Crippen LogP contribution in [-0.2, 0) is 9.59 Å². The first-order valence-electron chi connectivity index (χ1n) is 7.44.